The third-order valence-corrected chi connectivity index (χ3v) is 1.22. The van der Waals surface area contributed by atoms with Gasteiger partial charge in [-0.1, -0.05) is 6.07 Å². The molecule has 0 saturated carbocycles. The molecule has 0 N–H and O–H groups in total. The van der Waals surface area contributed by atoms with Crippen LogP contribution in [0, 0.1) is 12.1 Å². The second-order valence-electron chi connectivity index (χ2n) is 2.38. The highest BCUT2D eigenvalue weighted by atomic mass is 16.5. The predicted molar refractivity (Wildman–Crippen MR) is 43.7 cm³/mol. The van der Waals surface area contributed by atoms with Gasteiger partial charge in [-0.3, -0.25) is 0 Å². The average molecular weight is 150 g/mol. The molecule has 0 aliphatic carbocycles. The SMILES string of the molecule is Cc1cccc(/C=[N+](/C)[O-])n1. The Morgan fingerprint density at radius 3 is 2.82 bits per heavy atom. The third kappa shape index (κ3) is 2.37. The van der Waals surface area contributed by atoms with Crippen molar-refractivity contribution in [1.82, 2.24) is 4.98 Å². The van der Waals surface area contributed by atoms with Crippen molar-refractivity contribution in [3.05, 3.63) is 34.8 Å². The van der Waals surface area contributed by atoms with E-state index in [1.807, 2.05) is 19.1 Å². The minimum Gasteiger partial charge on any atom is -0.624 e. The number of aromatic nitrogens is 1. The molecule has 3 heteroatoms. The van der Waals surface area contributed by atoms with Gasteiger partial charge in [-0.05, 0) is 19.1 Å². The molecule has 0 aliphatic rings. The van der Waals surface area contributed by atoms with Gasteiger partial charge in [0, 0.05) is 5.69 Å². The number of pyridine rings is 1. The van der Waals surface area contributed by atoms with E-state index in [4.69, 9.17) is 0 Å². The lowest BCUT2D eigenvalue weighted by Gasteiger charge is -1.95. The zero-order chi connectivity index (χ0) is 8.27. The molecule has 58 valence electrons. The Kier molecular flexibility index (Phi) is 2.21. The molecule has 0 radical (unpaired) electrons. The topological polar surface area (TPSA) is 39.0 Å². The van der Waals surface area contributed by atoms with Gasteiger partial charge in [-0.2, -0.15) is 0 Å². The number of hydrogen-bond donors (Lipinski definition) is 0. The van der Waals surface area contributed by atoms with Gasteiger partial charge in [0.2, 0.25) is 0 Å². The Morgan fingerprint density at radius 2 is 2.27 bits per heavy atom. The van der Waals surface area contributed by atoms with Crippen LogP contribution in [0.4, 0.5) is 0 Å². The molecule has 0 bridgehead atoms. The van der Waals surface area contributed by atoms with Crippen molar-refractivity contribution in [1.29, 1.82) is 0 Å². The first-order chi connectivity index (χ1) is 5.18. The molecule has 0 aliphatic heterocycles. The van der Waals surface area contributed by atoms with Crippen LogP contribution in [-0.4, -0.2) is 23.0 Å². The summed E-state index contributed by atoms with van der Waals surface area (Å²) in [5.41, 5.74) is 1.61. The van der Waals surface area contributed by atoms with E-state index in [-0.39, 0.29) is 0 Å². The lowest BCUT2D eigenvalue weighted by atomic mass is 10.3. The number of nitrogens with zero attached hydrogens (tertiary/aromatic N) is 2. The van der Waals surface area contributed by atoms with Gasteiger partial charge in [0.05, 0.1) is 0 Å². The Balaban J connectivity index is 2.97. The minimum atomic E-state index is 0.697. The van der Waals surface area contributed by atoms with Gasteiger partial charge >= 0.3 is 0 Å². The molecular weight excluding hydrogens is 140 g/mol. The lowest BCUT2D eigenvalue weighted by Crippen LogP contribution is -1.99. The van der Waals surface area contributed by atoms with E-state index in [2.05, 4.69) is 4.98 Å². The summed E-state index contributed by atoms with van der Waals surface area (Å²) in [5, 5.41) is 10.5. The zero-order valence-electron chi connectivity index (χ0n) is 6.61. The van der Waals surface area contributed by atoms with E-state index < -0.39 is 0 Å². The standard InChI is InChI=1S/C8H10N2O/c1-7-4-3-5-8(9-7)6-10(2)11/h3-6H,1-2H3/b10-6-. The fourth-order valence-electron chi connectivity index (χ4n) is 0.822. The normalized spacial score (nSPS) is 11.6. The lowest BCUT2D eigenvalue weighted by molar-refractivity contribution is -0.416. The maximum atomic E-state index is 10.5. The van der Waals surface area contributed by atoms with E-state index in [0.29, 0.717) is 5.69 Å². The van der Waals surface area contributed by atoms with Crippen molar-refractivity contribution in [2.24, 2.45) is 0 Å². The van der Waals surface area contributed by atoms with Crippen molar-refractivity contribution in [2.45, 2.75) is 6.92 Å². The molecule has 0 saturated heterocycles. The summed E-state index contributed by atoms with van der Waals surface area (Å²) < 4.78 is 0.738. The van der Waals surface area contributed by atoms with Gasteiger partial charge in [0.15, 0.2) is 6.21 Å². The number of rotatable bonds is 1. The summed E-state index contributed by atoms with van der Waals surface area (Å²) in [6.07, 6.45) is 1.44. The van der Waals surface area contributed by atoms with Crippen LogP contribution in [0.25, 0.3) is 0 Å². The Labute approximate surface area is 65.6 Å². The van der Waals surface area contributed by atoms with Crippen LogP contribution >= 0.6 is 0 Å². The first kappa shape index (κ1) is 7.72. The van der Waals surface area contributed by atoms with Gasteiger partial charge in [0.1, 0.15) is 12.7 Å². The molecule has 1 rings (SSSR count). The third-order valence-electron chi connectivity index (χ3n) is 1.22. The number of hydroxylamine groups is 1. The van der Waals surface area contributed by atoms with E-state index in [0.717, 1.165) is 10.4 Å². The van der Waals surface area contributed by atoms with E-state index in [9.17, 15) is 5.21 Å². The molecule has 0 fully saturated rings. The summed E-state index contributed by atoms with van der Waals surface area (Å²) in [4.78, 5) is 4.12. The summed E-state index contributed by atoms with van der Waals surface area (Å²) in [7, 11) is 1.43. The average Bonchev–Trinajstić information content (AvgIpc) is 1.85. The molecule has 1 aromatic rings. The molecule has 0 amide bonds. The maximum absolute atomic E-state index is 10.5. The van der Waals surface area contributed by atoms with Crippen LogP contribution in [0.5, 0.6) is 0 Å². The van der Waals surface area contributed by atoms with Crippen LogP contribution in [0.2, 0.25) is 0 Å². The Hall–Kier alpha value is -1.38. The molecule has 0 spiro atoms. The first-order valence-corrected chi connectivity index (χ1v) is 3.37. The van der Waals surface area contributed by atoms with Gasteiger partial charge in [-0.15, -0.1) is 0 Å². The van der Waals surface area contributed by atoms with Crippen LogP contribution in [0.15, 0.2) is 18.2 Å². The summed E-state index contributed by atoms with van der Waals surface area (Å²) in [6.45, 7) is 1.89. The van der Waals surface area contributed by atoms with Crippen LogP contribution in [-0.2, 0) is 0 Å². The van der Waals surface area contributed by atoms with E-state index >= 15 is 0 Å². The molecule has 0 unspecified atom stereocenters. The van der Waals surface area contributed by atoms with Gasteiger partial charge in [0.25, 0.3) is 0 Å². The highest BCUT2D eigenvalue weighted by Crippen LogP contribution is 1.93. The molecular formula is C8H10N2O. The summed E-state index contributed by atoms with van der Waals surface area (Å²) >= 11 is 0. The van der Waals surface area contributed by atoms with Crippen LogP contribution < -0.4 is 0 Å². The van der Waals surface area contributed by atoms with Gasteiger partial charge < -0.3 is 5.21 Å². The molecule has 1 aromatic heterocycles. The molecule has 0 aromatic carbocycles. The number of aryl methyl sites for hydroxylation is 1. The fourth-order valence-corrected chi connectivity index (χ4v) is 0.822. The predicted octanol–water partition coefficient (Wildman–Crippen LogP) is 0.949. The largest absolute Gasteiger partial charge is 0.624 e. The highest BCUT2D eigenvalue weighted by Gasteiger charge is 1.92. The quantitative estimate of drug-likeness (QED) is 0.259. The molecule has 0 atom stereocenters. The summed E-state index contributed by atoms with van der Waals surface area (Å²) in [6, 6.07) is 5.56. The highest BCUT2D eigenvalue weighted by molar-refractivity contribution is 5.72. The Bertz CT molecular complexity index is 277. The second kappa shape index (κ2) is 3.14. The minimum absolute atomic E-state index is 0.697. The molecule has 11 heavy (non-hydrogen) atoms. The van der Waals surface area contributed by atoms with E-state index in [1.165, 1.54) is 13.3 Å². The van der Waals surface area contributed by atoms with Crippen molar-refractivity contribution in [3.63, 3.8) is 0 Å². The van der Waals surface area contributed by atoms with Crippen molar-refractivity contribution >= 4 is 6.21 Å². The maximum Gasteiger partial charge on any atom is 0.200 e. The second-order valence-corrected chi connectivity index (χ2v) is 2.38. The van der Waals surface area contributed by atoms with Crippen LogP contribution in [0.1, 0.15) is 11.4 Å². The summed E-state index contributed by atoms with van der Waals surface area (Å²) in [5.74, 6) is 0. The van der Waals surface area contributed by atoms with Crippen molar-refractivity contribution < 1.29 is 4.74 Å². The van der Waals surface area contributed by atoms with Crippen molar-refractivity contribution in [2.75, 3.05) is 7.05 Å². The smallest absolute Gasteiger partial charge is 0.200 e. The van der Waals surface area contributed by atoms with Crippen molar-refractivity contribution in [3.8, 4) is 0 Å². The van der Waals surface area contributed by atoms with Gasteiger partial charge in [-0.25, -0.2) is 9.72 Å². The number of hydrogen-bond acceptors (Lipinski definition) is 2. The zero-order valence-corrected chi connectivity index (χ0v) is 6.61. The van der Waals surface area contributed by atoms with E-state index in [1.54, 1.807) is 6.07 Å². The van der Waals surface area contributed by atoms with Crippen LogP contribution in [0.3, 0.4) is 0 Å². The molecule has 1 heterocycles. The molecule has 3 nitrogen and oxygen atoms in total. The Morgan fingerprint density at radius 1 is 1.55 bits per heavy atom. The first-order valence-electron chi connectivity index (χ1n) is 3.37. The fraction of sp³-hybridized carbons (Fsp3) is 0.250. The monoisotopic (exact) mass is 150 g/mol.